The van der Waals surface area contributed by atoms with Crippen molar-refractivity contribution < 1.29 is 24.6 Å². The van der Waals surface area contributed by atoms with Gasteiger partial charge in [0.1, 0.15) is 12.2 Å². The highest BCUT2D eigenvalue weighted by atomic mass is 32.1. The minimum atomic E-state index is -0.774. The highest BCUT2D eigenvalue weighted by Crippen LogP contribution is 2.28. The van der Waals surface area contributed by atoms with Crippen LogP contribution in [-0.4, -0.2) is 45.2 Å². The molecule has 3 aromatic rings. The summed E-state index contributed by atoms with van der Waals surface area (Å²) in [6, 6.07) is 10.9. The maximum Gasteiger partial charge on any atom is 0.306 e. The minimum absolute atomic E-state index is 0.0182. The van der Waals surface area contributed by atoms with Gasteiger partial charge in [0.15, 0.2) is 0 Å². The third-order valence-corrected chi connectivity index (χ3v) is 7.36. The van der Waals surface area contributed by atoms with Gasteiger partial charge in [-0.3, -0.25) is 14.4 Å². The summed E-state index contributed by atoms with van der Waals surface area (Å²) in [5, 5.41) is 23.5. The lowest BCUT2D eigenvalue weighted by Crippen LogP contribution is -2.40. The number of rotatable bonds is 8. The van der Waals surface area contributed by atoms with E-state index in [0.29, 0.717) is 37.9 Å². The van der Waals surface area contributed by atoms with Crippen LogP contribution in [0.15, 0.2) is 41.8 Å². The fraction of sp³-hybridized carbons (Fsp3) is 0.400. The maximum atomic E-state index is 13.3. The van der Waals surface area contributed by atoms with Gasteiger partial charge in [0.2, 0.25) is 5.91 Å². The third kappa shape index (κ3) is 5.00. The number of aromatic nitrogens is 1. The Morgan fingerprint density at radius 3 is 2.44 bits per heavy atom. The normalized spacial score (nSPS) is 18.1. The molecule has 1 aliphatic rings. The molecule has 0 radical (unpaired) electrons. The molecule has 3 N–H and O–H groups in total. The highest BCUT2D eigenvalue weighted by molar-refractivity contribution is 7.17. The van der Waals surface area contributed by atoms with Crippen LogP contribution in [0.5, 0.6) is 0 Å². The number of carboxylic acid groups (broad SMARTS) is 1. The molecular weight excluding hydrogens is 454 g/mol. The predicted molar refractivity (Wildman–Crippen MR) is 131 cm³/mol. The first-order chi connectivity index (χ1) is 16.4. The first-order valence-electron chi connectivity index (χ1n) is 11.5. The number of hydrogen-bond donors (Lipinski definition) is 3. The van der Waals surface area contributed by atoms with Crippen LogP contribution in [0.1, 0.15) is 48.7 Å². The number of likely N-dealkylation sites (N-methyl/N-ethyl adjacent to an activating group) is 1. The van der Waals surface area contributed by atoms with Crippen LogP contribution in [0, 0.1) is 5.92 Å². The number of benzene rings is 1. The van der Waals surface area contributed by atoms with E-state index in [1.165, 1.54) is 11.3 Å². The summed E-state index contributed by atoms with van der Waals surface area (Å²) in [4.78, 5) is 39.3. The Kier molecular flexibility index (Phi) is 7.33. The standard InChI is InChI=1S/C25H29N3O5S/c1-2-27(19-9-3-16(15-29)4-10-19)23(30)14-28-20-11-12-34-22(20)13-21(28)24(31)26-18-7-5-17(6-8-18)25(32)33/h3-4,9-13,17-18,29H,2,5-8,14-15H2,1H3,(H,26,31)(H,32,33)/t17-,18-. The Morgan fingerprint density at radius 2 is 1.82 bits per heavy atom. The Labute approximate surface area is 201 Å². The topological polar surface area (TPSA) is 112 Å². The largest absolute Gasteiger partial charge is 0.481 e. The molecule has 1 fully saturated rings. The molecule has 9 heteroatoms. The fourth-order valence-electron chi connectivity index (χ4n) is 4.58. The van der Waals surface area contributed by atoms with Gasteiger partial charge in [0.25, 0.3) is 5.91 Å². The number of aliphatic hydroxyl groups is 1. The van der Waals surface area contributed by atoms with Gasteiger partial charge in [-0.1, -0.05) is 12.1 Å². The number of hydrogen-bond acceptors (Lipinski definition) is 5. The molecule has 0 spiro atoms. The molecule has 180 valence electrons. The van der Waals surface area contributed by atoms with Crippen LogP contribution in [0.3, 0.4) is 0 Å². The van der Waals surface area contributed by atoms with Crippen molar-refractivity contribution >= 4 is 45.0 Å². The average molecular weight is 484 g/mol. The SMILES string of the molecule is CCN(C(=O)Cn1c(C(=O)N[C@H]2CC[C@H](C(=O)O)CC2)cc2sccc21)c1ccc(CO)cc1. The number of nitrogens with zero attached hydrogens (tertiary/aromatic N) is 2. The van der Waals surface area contributed by atoms with Crippen molar-refractivity contribution in [3.05, 3.63) is 53.0 Å². The first kappa shape index (κ1) is 24.0. The molecule has 0 atom stereocenters. The zero-order valence-corrected chi connectivity index (χ0v) is 19.9. The quantitative estimate of drug-likeness (QED) is 0.453. The van der Waals surface area contributed by atoms with Gasteiger partial charge in [0, 0.05) is 18.3 Å². The zero-order chi connectivity index (χ0) is 24.2. The van der Waals surface area contributed by atoms with Crippen LogP contribution in [-0.2, 0) is 22.7 Å². The van der Waals surface area contributed by atoms with Gasteiger partial charge in [0.05, 0.1) is 22.7 Å². The smallest absolute Gasteiger partial charge is 0.306 e. The van der Waals surface area contributed by atoms with Crippen molar-refractivity contribution in [3.8, 4) is 0 Å². The van der Waals surface area contributed by atoms with Gasteiger partial charge in [-0.15, -0.1) is 11.3 Å². The van der Waals surface area contributed by atoms with Crippen LogP contribution in [0.4, 0.5) is 5.69 Å². The van der Waals surface area contributed by atoms with E-state index in [2.05, 4.69) is 5.32 Å². The molecule has 1 aliphatic carbocycles. The Morgan fingerprint density at radius 1 is 1.12 bits per heavy atom. The highest BCUT2D eigenvalue weighted by Gasteiger charge is 2.28. The third-order valence-electron chi connectivity index (χ3n) is 6.51. The van der Waals surface area contributed by atoms with Crippen molar-refractivity contribution in [2.24, 2.45) is 5.92 Å². The molecule has 0 aliphatic heterocycles. The molecule has 8 nitrogen and oxygen atoms in total. The van der Waals surface area contributed by atoms with Gasteiger partial charge >= 0.3 is 5.97 Å². The van der Waals surface area contributed by atoms with Crippen molar-refractivity contribution in [1.82, 2.24) is 9.88 Å². The lowest BCUT2D eigenvalue weighted by atomic mass is 9.86. The number of thiophene rings is 1. The second kappa shape index (κ2) is 10.4. The summed E-state index contributed by atoms with van der Waals surface area (Å²) in [5.41, 5.74) is 2.78. The monoisotopic (exact) mass is 483 g/mol. The van der Waals surface area contributed by atoms with Crippen LogP contribution in [0.2, 0.25) is 0 Å². The number of aliphatic carboxylic acids is 1. The van der Waals surface area contributed by atoms with E-state index in [0.717, 1.165) is 21.5 Å². The minimum Gasteiger partial charge on any atom is -0.481 e. The second-order valence-electron chi connectivity index (χ2n) is 8.61. The van der Waals surface area contributed by atoms with Gasteiger partial charge in [-0.2, -0.15) is 0 Å². The van der Waals surface area contributed by atoms with E-state index in [-0.39, 0.29) is 36.9 Å². The molecule has 1 saturated carbocycles. The summed E-state index contributed by atoms with van der Waals surface area (Å²) in [5.74, 6) is -1.50. The number of carbonyl (C=O) groups excluding carboxylic acids is 2. The van der Waals surface area contributed by atoms with E-state index in [1.807, 2.05) is 36.6 Å². The summed E-state index contributed by atoms with van der Waals surface area (Å²) >= 11 is 1.52. The van der Waals surface area contributed by atoms with Gasteiger partial charge in [-0.25, -0.2) is 0 Å². The second-order valence-corrected chi connectivity index (χ2v) is 9.56. The predicted octanol–water partition coefficient (Wildman–Crippen LogP) is 3.62. The van der Waals surface area contributed by atoms with E-state index in [1.54, 1.807) is 21.6 Å². The summed E-state index contributed by atoms with van der Waals surface area (Å²) in [6.07, 6.45) is 2.36. The molecule has 4 rings (SSSR count). The molecule has 0 saturated heterocycles. The van der Waals surface area contributed by atoms with Gasteiger partial charge < -0.3 is 25.0 Å². The van der Waals surface area contributed by atoms with E-state index in [4.69, 9.17) is 0 Å². The van der Waals surface area contributed by atoms with Crippen molar-refractivity contribution in [1.29, 1.82) is 0 Å². The van der Waals surface area contributed by atoms with Crippen molar-refractivity contribution in [2.45, 2.75) is 51.8 Å². The summed E-state index contributed by atoms with van der Waals surface area (Å²) in [7, 11) is 0. The lowest BCUT2D eigenvalue weighted by molar-refractivity contribution is -0.142. The Bertz CT molecular complexity index is 1180. The average Bonchev–Trinajstić information content (AvgIpc) is 3.43. The number of amides is 2. The number of nitrogens with one attached hydrogen (secondary N) is 1. The molecule has 0 bridgehead atoms. The number of fused-ring (bicyclic) bond motifs is 1. The molecule has 2 amide bonds. The Balaban J connectivity index is 1.52. The van der Waals surface area contributed by atoms with Crippen molar-refractivity contribution in [2.75, 3.05) is 11.4 Å². The Hall–Kier alpha value is -3.17. The number of aliphatic hydroxyl groups excluding tert-OH is 1. The molecule has 34 heavy (non-hydrogen) atoms. The molecular formula is C25H29N3O5S. The molecule has 2 aromatic heterocycles. The number of carboxylic acids is 1. The number of carbonyl (C=O) groups is 3. The summed E-state index contributed by atoms with van der Waals surface area (Å²) in [6.45, 7) is 2.33. The van der Waals surface area contributed by atoms with Crippen LogP contribution in [0.25, 0.3) is 10.2 Å². The van der Waals surface area contributed by atoms with Crippen molar-refractivity contribution in [3.63, 3.8) is 0 Å². The van der Waals surface area contributed by atoms with Gasteiger partial charge in [-0.05, 0) is 67.8 Å². The summed E-state index contributed by atoms with van der Waals surface area (Å²) < 4.78 is 2.69. The molecule has 0 unspecified atom stereocenters. The van der Waals surface area contributed by atoms with Crippen LogP contribution >= 0.6 is 11.3 Å². The van der Waals surface area contributed by atoms with E-state index < -0.39 is 5.97 Å². The maximum absolute atomic E-state index is 13.3. The molecule has 2 heterocycles. The van der Waals surface area contributed by atoms with Crippen LogP contribution < -0.4 is 10.2 Å². The lowest BCUT2D eigenvalue weighted by Gasteiger charge is -2.27. The van der Waals surface area contributed by atoms with E-state index >= 15 is 0 Å². The van der Waals surface area contributed by atoms with E-state index in [9.17, 15) is 24.6 Å². The zero-order valence-electron chi connectivity index (χ0n) is 19.1. The fourth-order valence-corrected chi connectivity index (χ4v) is 5.41. The number of anilines is 1. The molecule has 1 aromatic carbocycles. The first-order valence-corrected chi connectivity index (χ1v) is 12.4.